The topological polar surface area (TPSA) is 89.3 Å². The zero-order valence-corrected chi connectivity index (χ0v) is 20.3. The number of benzene rings is 2. The standard InChI is InChI=1S/C26H31N5O3/c1-16-12-17(2)15-30(14-16)26(33)20-7-6-18(3)23(13-20)27-25(32)24-19(4)31(29-28-24)21-8-10-22(34-5)11-9-21/h6-11,13,16-17H,12,14-15H2,1-5H3,(H,27,32). The lowest BCUT2D eigenvalue weighted by atomic mass is 9.91. The van der Waals surface area contributed by atoms with Gasteiger partial charge >= 0.3 is 0 Å². The fourth-order valence-electron chi connectivity index (χ4n) is 4.59. The smallest absolute Gasteiger partial charge is 0.278 e. The van der Waals surface area contributed by atoms with Gasteiger partial charge in [0.05, 0.1) is 18.5 Å². The van der Waals surface area contributed by atoms with Crippen LogP contribution in [0.15, 0.2) is 42.5 Å². The first-order valence-corrected chi connectivity index (χ1v) is 11.5. The van der Waals surface area contributed by atoms with Crippen molar-refractivity contribution >= 4 is 17.5 Å². The Labute approximate surface area is 199 Å². The maximum absolute atomic E-state index is 13.1. The summed E-state index contributed by atoms with van der Waals surface area (Å²) < 4.78 is 6.81. The van der Waals surface area contributed by atoms with E-state index in [2.05, 4.69) is 29.5 Å². The molecule has 1 aromatic heterocycles. The third kappa shape index (κ3) is 4.81. The molecule has 0 saturated carbocycles. The number of ether oxygens (including phenoxy) is 1. The number of aryl methyl sites for hydroxylation is 1. The first-order chi connectivity index (χ1) is 16.3. The van der Waals surface area contributed by atoms with Crippen molar-refractivity contribution in [2.45, 2.75) is 34.1 Å². The molecule has 2 atom stereocenters. The van der Waals surface area contributed by atoms with E-state index in [1.54, 1.807) is 24.8 Å². The molecule has 2 amide bonds. The molecule has 1 N–H and O–H groups in total. The van der Waals surface area contributed by atoms with Gasteiger partial charge in [-0.05, 0) is 74.1 Å². The Morgan fingerprint density at radius 3 is 2.35 bits per heavy atom. The largest absolute Gasteiger partial charge is 0.497 e. The van der Waals surface area contributed by atoms with Gasteiger partial charge in [0.1, 0.15) is 5.75 Å². The Morgan fingerprint density at radius 1 is 1.03 bits per heavy atom. The van der Waals surface area contributed by atoms with Crippen LogP contribution >= 0.6 is 0 Å². The van der Waals surface area contributed by atoms with Gasteiger partial charge in [0.25, 0.3) is 11.8 Å². The molecule has 8 nitrogen and oxygen atoms in total. The predicted octanol–water partition coefficient (Wildman–Crippen LogP) is 4.26. The summed E-state index contributed by atoms with van der Waals surface area (Å²) in [7, 11) is 1.61. The second kappa shape index (κ2) is 9.67. The van der Waals surface area contributed by atoms with Crippen molar-refractivity contribution in [2.24, 2.45) is 11.8 Å². The fourth-order valence-corrected chi connectivity index (χ4v) is 4.59. The van der Waals surface area contributed by atoms with Crippen LogP contribution in [0.4, 0.5) is 5.69 Å². The van der Waals surface area contributed by atoms with Crippen molar-refractivity contribution in [3.05, 3.63) is 65.0 Å². The molecule has 0 aliphatic carbocycles. The summed E-state index contributed by atoms with van der Waals surface area (Å²) in [6, 6.07) is 12.8. The van der Waals surface area contributed by atoms with Gasteiger partial charge in [-0.3, -0.25) is 9.59 Å². The Bertz CT molecular complexity index is 1190. The monoisotopic (exact) mass is 461 g/mol. The number of likely N-dealkylation sites (tertiary alicyclic amines) is 1. The number of piperidine rings is 1. The van der Waals surface area contributed by atoms with Crippen LogP contribution < -0.4 is 10.1 Å². The lowest BCUT2D eigenvalue weighted by molar-refractivity contribution is 0.0623. The van der Waals surface area contributed by atoms with E-state index in [4.69, 9.17) is 4.74 Å². The van der Waals surface area contributed by atoms with Gasteiger partial charge in [-0.25, -0.2) is 4.68 Å². The van der Waals surface area contributed by atoms with Crippen LogP contribution in [-0.4, -0.2) is 51.9 Å². The molecule has 1 aliphatic rings. The van der Waals surface area contributed by atoms with Crippen molar-refractivity contribution < 1.29 is 14.3 Å². The lowest BCUT2D eigenvalue weighted by Crippen LogP contribution is -2.42. The lowest BCUT2D eigenvalue weighted by Gasteiger charge is -2.35. The Kier molecular flexibility index (Phi) is 6.68. The number of amides is 2. The highest BCUT2D eigenvalue weighted by Gasteiger charge is 2.26. The average Bonchev–Trinajstić information content (AvgIpc) is 3.20. The van der Waals surface area contributed by atoms with Gasteiger partial charge in [-0.1, -0.05) is 25.1 Å². The number of aromatic nitrogens is 3. The molecule has 2 aromatic carbocycles. The van der Waals surface area contributed by atoms with Crippen LogP contribution in [0.2, 0.25) is 0 Å². The highest BCUT2D eigenvalue weighted by atomic mass is 16.5. The number of hydrogen-bond acceptors (Lipinski definition) is 5. The highest BCUT2D eigenvalue weighted by Crippen LogP contribution is 2.25. The van der Waals surface area contributed by atoms with Crippen LogP contribution in [0.3, 0.4) is 0 Å². The van der Waals surface area contributed by atoms with Gasteiger partial charge < -0.3 is 15.0 Å². The minimum atomic E-state index is -0.370. The molecule has 0 spiro atoms. The summed E-state index contributed by atoms with van der Waals surface area (Å²) in [5.41, 5.74) is 3.65. The molecule has 0 radical (unpaired) electrons. The van der Waals surface area contributed by atoms with Crippen LogP contribution in [-0.2, 0) is 0 Å². The molecule has 1 saturated heterocycles. The van der Waals surface area contributed by atoms with Crippen LogP contribution in [0.1, 0.15) is 52.4 Å². The first kappa shape index (κ1) is 23.5. The number of anilines is 1. The summed E-state index contributed by atoms with van der Waals surface area (Å²) in [5, 5.41) is 11.2. The zero-order chi connectivity index (χ0) is 24.4. The minimum Gasteiger partial charge on any atom is -0.497 e. The molecule has 1 fully saturated rings. The van der Waals surface area contributed by atoms with E-state index >= 15 is 0 Å². The van der Waals surface area contributed by atoms with Crippen molar-refractivity contribution in [2.75, 3.05) is 25.5 Å². The number of nitrogens with one attached hydrogen (secondary N) is 1. The number of carbonyl (C=O) groups excluding carboxylic acids is 2. The highest BCUT2D eigenvalue weighted by molar-refractivity contribution is 6.05. The number of carbonyl (C=O) groups is 2. The second-order valence-corrected chi connectivity index (χ2v) is 9.27. The Balaban J connectivity index is 1.53. The maximum atomic E-state index is 13.1. The van der Waals surface area contributed by atoms with Gasteiger partial charge in [0.2, 0.25) is 0 Å². The molecule has 34 heavy (non-hydrogen) atoms. The van der Waals surface area contributed by atoms with E-state index in [1.807, 2.05) is 48.2 Å². The normalized spacial score (nSPS) is 18.0. The predicted molar refractivity (Wildman–Crippen MR) is 131 cm³/mol. The molecule has 1 aliphatic heterocycles. The van der Waals surface area contributed by atoms with Crippen molar-refractivity contribution in [3.8, 4) is 11.4 Å². The van der Waals surface area contributed by atoms with Crippen LogP contribution in [0.5, 0.6) is 5.75 Å². The SMILES string of the molecule is COc1ccc(-n2nnc(C(=O)Nc3cc(C(=O)N4CC(C)CC(C)C4)ccc3C)c2C)cc1. The van der Waals surface area contributed by atoms with Gasteiger partial charge in [-0.2, -0.15) is 0 Å². The van der Waals surface area contributed by atoms with Crippen LogP contribution in [0, 0.1) is 25.7 Å². The van der Waals surface area contributed by atoms with Crippen molar-refractivity contribution in [1.29, 1.82) is 0 Å². The van der Waals surface area contributed by atoms with Gasteiger partial charge in [0, 0.05) is 24.3 Å². The minimum absolute atomic E-state index is 0.00414. The number of nitrogens with zero attached hydrogens (tertiary/aromatic N) is 4. The molecule has 178 valence electrons. The van der Waals surface area contributed by atoms with Gasteiger partial charge in [0.15, 0.2) is 5.69 Å². The van der Waals surface area contributed by atoms with E-state index in [-0.39, 0.29) is 17.5 Å². The van der Waals surface area contributed by atoms with E-state index in [1.165, 1.54) is 0 Å². The number of methoxy groups -OCH3 is 1. The molecule has 0 bridgehead atoms. The van der Waals surface area contributed by atoms with E-state index in [0.29, 0.717) is 28.8 Å². The summed E-state index contributed by atoms with van der Waals surface area (Å²) in [5.74, 6) is 1.32. The third-order valence-corrected chi connectivity index (χ3v) is 6.32. The Hall–Kier alpha value is -3.68. The second-order valence-electron chi connectivity index (χ2n) is 9.27. The molecular formula is C26H31N5O3. The molecule has 8 heteroatoms. The van der Waals surface area contributed by atoms with E-state index < -0.39 is 0 Å². The molecule has 4 rings (SSSR count). The van der Waals surface area contributed by atoms with Crippen molar-refractivity contribution in [1.82, 2.24) is 19.9 Å². The molecule has 3 aromatic rings. The van der Waals surface area contributed by atoms with Crippen LogP contribution in [0.25, 0.3) is 5.69 Å². The van der Waals surface area contributed by atoms with E-state index in [9.17, 15) is 9.59 Å². The number of rotatable bonds is 5. The summed E-state index contributed by atoms with van der Waals surface area (Å²) in [6.07, 6.45) is 1.13. The average molecular weight is 462 g/mol. The summed E-state index contributed by atoms with van der Waals surface area (Å²) in [4.78, 5) is 28.1. The fraction of sp³-hybridized carbons (Fsp3) is 0.385. The maximum Gasteiger partial charge on any atom is 0.278 e. The molecule has 2 heterocycles. The Morgan fingerprint density at radius 2 is 1.71 bits per heavy atom. The number of hydrogen-bond donors (Lipinski definition) is 1. The first-order valence-electron chi connectivity index (χ1n) is 11.5. The van der Waals surface area contributed by atoms with E-state index in [0.717, 1.165) is 36.5 Å². The molecular weight excluding hydrogens is 430 g/mol. The quantitative estimate of drug-likeness (QED) is 0.613. The zero-order valence-electron chi connectivity index (χ0n) is 20.3. The third-order valence-electron chi connectivity index (χ3n) is 6.32. The summed E-state index contributed by atoms with van der Waals surface area (Å²) >= 11 is 0. The molecule has 2 unspecified atom stereocenters. The summed E-state index contributed by atoms with van der Waals surface area (Å²) in [6.45, 7) is 9.57. The van der Waals surface area contributed by atoms with Gasteiger partial charge in [-0.15, -0.1) is 5.10 Å². The van der Waals surface area contributed by atoms with Crippen molar-refractivity contribution in [3.63, 3.8) is 0 Å².